The second-order valence-corrected chi connectivity index (χ2v) is 4.54. The van der Waals surface area contributed by atoms with E-state index in [0.29, 0.717) is 29.5 Å². The first-order valence-corrected chi connectivity index (χ1v) is 6.66. The summed E-state index contributed by atoms with van der Waals surface area (Å²) < 4.78 is 11.0. The van der Waals surface area contributed by atoms with E-state index in [1.165, 1.54) is 0 Å². The van der Waals surface area contributed by atoms with Crippen molar-refractivity contribution in [3.8, 4) is 11.5 Å². The third-order valence-corrected chi connectivity index (χ3v) is 3.00. The fraction of sp³-hybridized carbons (Fsp3) is 0.133. The van der Waals surface area contributed by atoms with Crippen molar-refractivity contribution in [3.05, 3.63) is 59.1 Å². The zero-order valence-corrected chi connectivity index (χ0v) is 12.0. The molecule has 0 spiro atoms. The predicted molar refractivity (Wildman–Crippen MR) is 81.4 cm³/mol. The maximum absolute atomic E-state index is 8.62. The van der Waals surface area contributed by atoms with E-state index in [0.717, 1.165) is 5.75 Å². The Balaban J connectivity index is 1.85. The fourth-order valence-corrected chi connectivity index (χ4v) is 1.95. The van der Waals surface area contributed by atoms with Crippen molar-refractivity contribution in [2.24, 2.45) is 10.9 Å². The summed E-state index contributed by atoms with van der Waals surface area (Å²) >= 11 is 6.03. The van der Waals surface area contributed by atoms with Gasteiger partial charge in [0.1, 0.15) is 24.7 Å². The first kappa shape index (κ1) is 15.0. The number of oxime groups is 1. The number of nitrogens with zero attached hydrogens (tertiary/aromatic N) is 1. The number of benzene rings is 2. The quantitative estimate of drug-likeness (QED) is 0.283. The van der Waals surface area contributed by atoms with Gasteiger partial charge in [-0.3, -0.25) is 0 Å². The molecule has 0 radical (unpaired) electrons. The number of amidine groups is 1. The van der Waals surface area contributed by atoms with E-state index in [2.05, 4.69) is 5.16 Å². The normalized spacial score (nSPS) is 11.2. The average molecular weight is 307 g/mol. The van der Waals surface area contributed by atoms with Gasteiger partial charge in [0.15, 0.2) is 5.84 Å². The summed E-state index contributed by atoms with van der Waals surface area (Å²) in [6.45, 7) is 0.803. The lowest BCUT2D eigenvalue weighted by molar-refractivity contribution is 0.217. The monoisotopic (exact) mass is 306 g/mol. The van der Waals surface area contributed by atoms with Gasteiger partial charge in [-0.05, 0) is 30.3 Å². The highest BCUT2D eigenvalue weighted by Gasteiger charge is 2.06. The van der Waals surface area contributed by atoms with Crippen LogP contribution in [-0.2, 0) is 0 Å². The highest BCUT2D eigenvalue weighted by Crippen LogP contribution is 2.22. The van der Waals surface area contributed by atoms with Crippen LogP contribution in [0.5, 0.6) is 11.5 Å². The van der Waals surface area contributed by atoms with Crippen molar-refractivity contribution in [1.29, 1.82) is 0 Å². The highest BCUT2D eigenvalue weighted by atomic mass is 35.5. The number of hydrogen-bond acceptors (Lipinski definition) is 4. The number of para-hydroxylation sites is 1. The molecule has 0 atom stereocenters. The summed E-state index contributed by atoms with van der Waals surface area (Å²) in [4.78, 5) is 0. The zero-order valence-electron chi connectivity index (χ0n) is 11.2. The van der Waals surface area contributed by atoms with Crippen LogP contribution in [0.25, 0.3) is 0 Å². The molecule has 0 saturated carbocycles. The standard InChI is InChI=1S/C15H15ClN2O3/c16-14-10-12(6-7-13(14)15(17)18-19)21-9-8-20-11-4-2-1-3-5-11/h1-7,10,19H,8-9H2,(H2,17,18). The van der Waals surface area contributed by atoms with Gasteiger partial charge in [-0.25, -0.2) is 0 Å². The number of nitrogens with two attached hydrogens (primary N) is 1. The Labute approximate surface area is 127 Å². The molecule has 6 heteroatoms. The van der Waals surface area contributed by atoms with Gasteiger partial charge in [-0.2, -0.15) is 0 Å². The molecule has 110 valence electrons. The van der Waals surface area contributed by atoms with Crippen molar-refractivity contribution < 1.29 is 14.7 Å². The van der Waals surface area contributed by atoms with E-state index in [1.54, 1.807) is 18.2 Å². The first-order chi connectivity index (χ1) is 10.2. The van der Waals surface area contributed by atoms with Crippen LogP contribution in [0.3, 0.4) is 0 Å². The van der Waals surface area contributed by atoms with Gasteiger partial charge in [-0.1, -0.05) is 35.0 Å². The lowest BCUT2D eigenvalue weighted by atomic mass is 10.2. The second-order valence-electron chi connectivity index (χ2n) is 4.14. The average Bonchev–Trinajstić information content (AvgIpc) is 2.52. The van der Waals surface area contributed by atoms with E-state index >= 15 is 0 Å². The van der Waals surface area contributed by atoms with Crippen LogP contribution in [0.2, 0.25) is 5.02 Å². The third-order valence-electron chi connectivity index (χ3n) is 2.69. The predicted octanol–water partition coefficient (Wildman–Crippen LogP) is 2.89. The third kappa shape index (κ3) is 4.29. The molecule has 5 nitrogen and oxygen atoms in total. The number of rotatable bonds is 6. The Morgan fingerprint density at radius 3 is 2.33 bits per heavy atom. The van der Waals surface area contributed by atoms with Gasteiger partial charge < -0.3 is 20.4 Å². The molecule has 0 amide bonds. The molecule has 0 heterocycles. The van der Waals surface area contributed by atoms with Crippen LogP contribution < -0.4 is 15.2 Å². The van der Waals surface area contributed by atoms with Crippen LogP contribution in [0.4, 0.5) is 0 Å². The minimum atomic E-state index is -0.0426. The smallest absolute Gasteiger partial charge is 0.171 e. The molecule has 0 bridgehead atoms. The molecule has 0 aliphatic rings. The van der Waals surface area contributed by atoms with E-state index in [9.17, 15) is 0 Å². The van der Waals surface area contributed by atoms with Crippen LogP contribution >= 0.6 is 11.6 Å². The van der Waals surface area contributed by atoms with Crippen molar-refractivity contribution >= 4 is 17.4 Å². The van der Waals surface area contributed by atoms with Gasteiger partial charge in [0.25, 0.3) is 0 Å². The highest BCUT2D eigenvalue weighted by molar-refractivity contribution is 6.34. The Bertz CT molecular complexity index is 618. The van der Waals surface area contributed by atoms with E-state index in [-0.39, 0.29) is 5.84 Å². The molecule has 0 aromatic heterocycles. The van der Waals surface area contributed by atoms with Crippen molar-refractivity contribution in [1.82, 2.24) is 0 Å². The SMILES string of the molecule is NC(=NO)c1ccc(OCCOc2ccccc2)cc1Cl. The second kappa shape index (κ2) is 7.40. The van der Waals surface area contributed by atoms with Crippen LogP contribution in [0.1, 0.15) is 5.56 Å². The molecule has 0 unspecified atom stereocenters. The van der Waals surface area contributed by atoms with E-state index < -0.39 is 0 Å². The van der Waals surface area contributed by atoms with Crippen LogP contribution in [0.15, 0.2) is 53.7 Å². The minimum absolute atomic E-state index is 0.0426. The lowest BCUT2D eigenvalue weighted by Gasteiger charge is -2.09. The summed E-state index contributed by atoms with van der Waals surface area (Å²) in [5, 5.41) is 11.9. The number of halogens is 1. The molecule has 0 fully saturated rings. The van der Waals surface area contributed by atoms with Gasteiger partial charge in [-0.15, -0.1) is 0 Å². The molecular weight excluding hydrogens is 292 g/mol. The van der Waals surface area contributed by atoms with Crippen LogP contribution in [-0.4, -0.2) is 24.3 Å². The molecule has 3 N–H and O–H groups in total. The summed E-state index contributed by atoms with van der Waals surface area (Å²) in [6.07, 6.45) is 0. The Morgan fingerprint density at radius 2 is 1.71 bits per heavy atom. The topological polar surface area (TPSA) is 77.1 Å². The molecule has 21 heavy (non-hydrogen) atoms. The maximum Gasteiger partial charge on any atom is 0.171 e. The summed E-state index contributed by atoms with van der Waals surface area (Å²) in [6, 6.07) is 14.4. The molecule has 0 aliphatic heterocycles. The lowest BCUT2D eigenvalue weighted by Crippen LogP contribution is -2.14. The zero-order chi connectivity index (χ0) is 15.1. The van der Waals surface area contributed by atoms with Gasteiger partial charge >= 0.3 is 0 Å². The minimum Gasteiger partial charge on any atom is -0.490 e. The summed E-state index contributed by atoms with van der Waals surface area (Å²) in [5.41, 5.74) is 5.94. The Kier molecular flexibility index (Phi) is 5.29. The van der Waals surface area contributed by atoms with Gasteiger partial charge in [0, 0.05) is 5.56 Å². The van der Waals surface area contributed by atoms with Gasteiger partial charge in [0.05, 0.1) is 5.02 Å². The molecule has 0 aliphatic carbocycles. The van der Waals surface area contributed by atoms with Crippen molar-refractivity contribution in [2.75, 3.05) is 13.2 Å². The maximum atomic E-state index is 8.62. The molecule has 2 aromatic rings. The van der Waals surface area contributed by atoms with Crippen molar-refractivity contribution in [2.45, 2.75) is 0 Å². The van der Waals surface area contributed by atoms with E-state index in [1.807, 2.05) is 30.3 Å². The van der Waals surface area contributed by atoms with Gasteiger partial charge in [0.2, 0.25) is 0 Å². The fourth-order valence-electron chi connectivity index (χ4n) is 1.68. The molecular formula is C15H15ClN2O3. The largest absolute Gasteiger partial charge is 0.490 e. The number of ether oxygens (including phenoxy) is 2. The molecule has 2 aromatic carbocycles. The number of hydrogen-bond donors (Lipinski definition) is 2. The van der Waals surface area contributed by atoms with Crippen LogP contribution in [0, 0.1) is 0 Å². The molecule has 0 saturated heterocycles. The molecule has 2 rings (SSSR count). The summed E-state index contributed by atoms with van der Waals surface area (Å²) in [5.74, 6) is 1.34. The first-order valence-electron chi connectivity index (χ1n) is 6.29. The van der Waals surface area contributed by atoms with Crippen molar-refractivity contribution in [3.63, 3.8) is 0 Å². The van der Waals surface area contributed by atoms with E-state index in [4.69, 9.17) is 32.0 Å². The Hall–Kier alpha value is -2.40. The Morgan fingerprint density at radius 1 is 1.05 bits per heavy atom. The summed E-state index contributed by atoms with van der Waals surface area (Å²) in [7, 11) is 0.